The van der Waals surface area contributed by atoms with Crippen molar-refractivity contribution in [1.29, 1.82) is 0 Å². The predicted octanol–water partition coefficient (Wildman–Crippen LogP) is 1.27. The summed E-state index contributed by atoms with van der Waals surface area (Å²) >= 11 is 5.49. The largest absolute Gasteiger partial charge is 0.388 e. The lowest BCUT2D eigenvalue weighted by Crippen LogP contribution is -2.03. The number of hydrogen-bond donors (Lipinski definition) is 1. The molecule has 0 heterocycles. The van der Waals surface area contributed by atoms with Crippen LogP contribution in [0.4, 0.5) is 0 Å². The van der Waals surface area contributed by atoms with Gasteiger partial charge in [-0.05, 0) is 24.5 Å². The van der Waals surface area contributed by atoms with Crippen LogP contribution in [0.15, 0.2) is 11.1 Å². The van der Waals surface area contributed by atoms with Crippen molar-refractivity contribution in [3.63, 3.8) is 0 Å². The number of allylic oxidation sites excluding steroid dienone is 1. The molecular weight excluding hydrogens is 164 g/mol. The van der Waals surface area contributed by atoms with E-state index in [2.05, 4.69) is 0 Å². The molecular formula is C8H11ClO2. The molecule has 1 N–H and O–H groups in total. The number of ketones is 1. The molecule has 0 saturated heterocycles. The lowest BCUT2D eigenvalue weighted by atomic mass is 10.1. The maximum atomic E-state index is 11.1. The number of carbonyl (C=O) groups excluding carboxylic acids is 1. The van der Waals surface area contributed by atoms with Gasteiger partial charge in [0.05, 0.1) is 6.10 Å². The van der Waals surface area contributed by atoms with Crippen molar-refractivity contribution in [2.75, 3.05) is 5.88 Å². The van der Waals surface area contributed by atoms with Gasteiger partial charge in [0.1, 0.15) is 0 Å². The molecule has 0 bridgehead atoms. The Hall–Kier alpha value is -0.340. The number of carbonyl (C=O) groups is 1. The van der Waals surface area contributed by atoms with Crippen molar-refractivity contribution >= 4 is 17.4 Å². The third-order valence-electron chi connectivity index (χ3n) is 2.04. The summed E-state index contributed by atoms with van der Waals surface area (Å²) in [6.07, 6.45) is 0.280. The summed E-state index contributed by atoms with van der Waals surface area (Å²) in [5, 5.41) is 9.24. The molecule has 0 spiro atoms. The van der Waals surface area contributed by atoms with E-state index in [-0.39, 0.29) is 12.2 Å². The summed E-state index contributed by atoms with van der Waals surface area (Å²) < 4.78 is 0. The van der Waals surface area contributed by atoms with Crippen molar-refractivity contribution in [3.8, 4) is 0 Å². The number of aliphatic hydroxyl groups is 1. The lowest BCUT2D eigenvalue weighted by molar-refractivity contribution is -0.115. The van der Waals surface area contributed by atoms with Gasteiger partial charge in [0.15, 0.2) is 5.78 Å². The molecule has 2 nitrogen and oxygen atoms in total. The van der Waals surface area contributed by atoms with Gasteiger partial charge < -0.3 is 5.11 Å². The zero-order valence-electron chi connectivity index (χ0n) is 6.43. The van der Waals surface area contributed by atoms with Gasteiger partial charge >= 0.3 is 0 Å². The first-order valence-electron chi connectivity index (χ1n) is 3.63. The second-order valence-corrected chi connectivity index (χ2v) is 3.12. The molecule has 0 saturated carbocycles. The highest BCUT2D eigenvalue weighted by Gasteiger charge is 2.26. The second kappa shape index (κ2) is 3.37. The normalized spacial score (nSPS) is 25.0. The molecule has 11 heavy (non-hydrogen) atoms. The Balaban J connectivity index is 2.79. The minimum absolute atomic E-state index is 0.0515. The van der Waals surface area contributed by atoms with E-state index in [0.717, 1.165) is 11.1 Å². The van der Waals surface area contributed by atoms with Crippen molar-refractivity contribution in [2.24, 2.45) is 0 Å². The molecule has 0 radical (unpaired) electrons. The van der Waals surface area contributed by atoms with Gasteiger partial charge in [0.25, 0.3) is 0 Å². The molecule has 0 aliphatic heterocycles. The van der Waals surface area contributed by atoms with Crippen LogP contribution >= 0.6 is 11.6 Å². The summed E-state index contributed by atoms with van der Waals surface area (Å²) in [5.74, 6) is 0.501. The average Bonchev–Trinajstić information content (AvgIpc) is 2.17. The van der Waals surface area contributed by atoms with Crippen LogP contribution in [0.1, 0.15) is 19.8 Å². The van der Waals surface area contributed by atoms with Gasteiger partial charge in [0, 0.05) is 12.3 Å². The van der Waals surface area contributed by atoms with E-state index < -0.39 is 6.10 Å². The molecule has 1 atom stereocenters. The van der Waals surface area contributed by atoms with Crippen molar-refractivity contribution < 1.29 is 9.90 Å². The molecule has 0 aromatic heterocycles. The van der Waals surface area contributed by atoms with Gasteiger partial charge in [-0.2, -0.15) is 0 Å². The Morgan fingerprint density at radius 3 is 2.73 bits per heavy atom. The molecule has 0 fully saturated rings. The monoisotopic (exact) mass is 174 g/mol. The minimum atomic E-state index is -0.555. The zero-order chi connectivity index (χ0) is 8.43. The second-order valence-electron chi connectivity index (χ2n) is 2.74. The zero-order valence-corrected chi connectivity index (χ0v) is 7.19. The van der Waals surface area contributed by atoms with E-state index in [4.69, 9.17) is 11.6 Å². The molecule has 1 rings (SSSR count). The number of aliphatic hydroxyl groups excluding tert-OH is 1. The van der Waals surface area contributed by atoms with E-state index in [1.165, 1.54) is 0 Å². The Bertz CT molecular complexity index is 208. The summed E-state index contributed by atoms with van der Waals surface area (Å²) in [5.41, 5.74) is 1.53. The summed E-state index contributed by atoms with van der Waals surface area (Å²) in [4.78, 5) is 11.1. The van der Waals surface area contributed by atoms with Crippen LogP contribution in [-0.4, -0.2) is 22.9 Å². The highest BCUT2D eigenvalue weighted by molar-refractivity contribution is 6.18. The van der Waals surface area contributed by atoms with Crippen LogP contribution in [0, 0.1) is 0 Å². The quantitative estimate of drug-likeness (QED) is 0.641. The van der Waals surface area contributed by atoms with E-state index in [1.54, 1.807) is 6.92 Å². The van der Waals surface area contributed by atoms with Crippen LogP contribution in [0.3, 0.4) is 0 Å². The summed E-state index contributed by atoms with van der Waals surface area (Å²) in [6.45, 7) is 1.79. The highest BCUT2D eigenvalue weighted by Crippen LogP contribution is 2.25. The van der Waals surface area contributed by atoms with E-state index >= 15 is 0 Å². The van der Waals surface area contributed by atoms with Gasteiger partial charge in [-0.1, -0.05) is 0 Å². The number of halogens is 1. The third kappa shape index (κ3) is 1.63. The average molecular weight is 175 g/mol. The van der Waals surface area contributed by atoms with Crippen LogP contribution in [0.2, 0.25) is 0 Å². The first-order chi connectivity index (χ1) is 5.16. The van der Waals surface area contributed by atoms with E-state index in [9.17, 15) is 9.90 Å². The fraction of sp³-hybridized carbons (Fsp3) is 0.625. The Kier molecular flexibility index (Phi) is 2.68. The van der Waals surface area contributed by atoms with Crippen molar-refractivity contribution in [3.05, 3.63) is 11.1 Å². The molecule has 0 aromatic carbocycles. The highest BCUT2D eigenvalue weighted by atomic mass is 35.5. The summed E-state index contributed by atoms with van der Waals surface area (Å²) in [7, 11) is 0. The lowest BCUT2D eigenvalue weighted by Gasteiger charge is -2.00. The molecule has 3 heteroatoms. The Morgan fingerprint density at radius 2 is 2.36 bits per heavy atom. The Morgan fingerprint density at radius 1 is 1.73 bits per heavy atom. The maximum Gasteiger partial charge on any atom is 0.161 e. The first kappa shape index (κ1) is 8.75. The van der Waals surface area contributed by atoms with Gasteiger partial charge in [-0.25, -0.2) is 0 Å². The molecule has 1 aliphatic carbocycles. The minimum Gasteiger partial charge on any atom is -0.388 e. The van der Waals surface area contributed by atoms with E-state index in [0.29, 0.717) is 12.3 Å². The van der Waals surface area contributed by atoms with Crippen molar-refractivity contribution in [2.45, 2.75) is 25.9 Å². The molecule has 0 amide bonds. The fourth-order valence-electron chi connectivity index (χ4n) is 1.30. The maximum absolute atomic E-state index is 11.1. The standard InChI is InChI=1S/C8H11ClO2/c1-5-6(2-3-9)8(11)4-7(5)10/h7,10H,2-4H2,1H3. The fourth-order valence-corrected chi connectivity index (χ4v) is 1.49. The van der Waals surface area contributed by atoms with Crippen LogP contribution < -0.4 is 0 Å². The van der Waals surface area contributed by atoms with Crippen LogP contribution in [0.5, 0.6) is 0 Å². The summed E-state index contributed by atoms with van der Waals surface area (Å²) in [6, 6.07) is 0. The Labute approximate surface area is 70.9 Å². The first-order valence-corrected chi connectivity index (χ1v) is 4.17. The smallest absolute Gasteiger partial charge is 0.161 e. The van der Waals surface area contributed by atoms with Gasteiger partial charge in [0.2, 0.25) is 0 Å². The number of alkyl halides is 1. The molecule has 62 valence electrons. The molecule has 1 aliphatic rings. The predicted molar refractivity (Wildman–Crippen MR) is 43.7 cm³/mol. The van der Waals surface area contributed by atoms with Crippen LogP contribution in [0.25, 0.3) is 0 Å². The topological polar surface area (TPSA) is 37.3 Å². The van der Waals surface area contributed by atoms with E-state index in [1.807, 2.05) is 0 Å². The third-order valence-corrected chi connectivity index (χ3v) is 2.22. The van der Waals surface area contributed by atoms with Gasteiger partial charge in [-0.3, -0.25) is 4.79 Å². The molecule has 1 unspecified atom stereocenters. The van der Waals surface area contributed by atoms with Crippen molar-refractivity contribution in [1.82, 2.24) is 0 Å². The van der Waals surface area contributed by atoms with Crippen LogP contribution in [-0.2, 0) is 4.79 Å². The number of rotatable bonds is 2. The SMILES string of the molecule is CC1=C(CCCl)C(=O)CC1O. The molecule has 0 aromatic rings. The van der Waals surface area contributed by atoms with Gasteiger partial charge in [-0.15, -0.1) is 11.6 Å². The number of hydrogen-bond acceptors (Lipinski definition) is 2. The number of Topliss-reactive ketones (excluding diaryl/α,β-unsaturated/α-hetero) is 1.